The molecule has 0 amide bonds. The SMILES string of the molecule is CCOCCCNC(=S)NCc1c(Cl)cnn1CC. The van der Waals surface area contributed by atoms with Crippen LogP contribution in [0.25, 0.3) is 0 Å². The second-order valence-electron chi connectivity index (χ2n) is 3.91. The summed E-state index contributed by atoms with van der Waals surface area (Å²) in [6, 6.07) is 0. The molecule has 0 aliphatic heterocycles. The monoisotopic (exact) mass is 304 g/mol. The van der Waals surface area contributed by atoms with Gasteiger partial charge in [0.15, 0.2) is 5.11 Å². The Balaban J connectivity index is 2.24. The van der Waals surface area contributed by atoms with Gasteiger partial charge >= 0.3 is 0 Å². The summed E-state index contributed by atoms with van der Waals surface area (Å²) in [6.45, 7) is 7.68. The normalized spacial score (nSPS) is 10.5. The number of hydrogen-bond donors (Lipinski definition) is 2. The third-order valence-corrected chi connectivity index (χ3v) is 3.17. The zero-order valence-electron chi connectivity index (χ0n) is 11.4. The molecule has 2 N–H and O–H groups in total. The Morgan fingerprint density at radius 3 is 2.95 bits per heavy atom. The van der Waals surface area contributed by atoms with E-state index in [4.69, 9.17) is 28.6 Å². The van der Waals surface area contributed by atoms with Crippen molar-refractivity contribution in [2.75, 3.05) is 19.8 Å². The van der Waals surface area contributed by atoms with Crippen molar-refractivity contribution in [3.8, 4) is 0 Å². The summed E-state index contributed by atoms with van der Waals surface area (Å²) < 4.78 is 7.10. The molecule has 0 aromatic carbocycles. The molecule has 1 aromatic rings. The molecule has 0 spiro atoms. The highest BCUT2D eigenvalue weighted by Crippen LogP contribution is 2.14. The van der Waals surface area contributed by atoms with Crippen molar-refractivity contribution in [3.05, 3.63) is 16.9 Å². The van der Waals surface area contributed by atoms with Gasteiger partial charge in [-0.2, -0.15) is 5.10 Å². The number of halogens is 1. The molecule has 0 atom stereocenters. The van der Waals surface area contributed by atoms with E-state index in [-0.39, 0.29) is 0 Å². The molecule has 1 rings (SSSR count). The fraction of sp³-hybridized carbons (Fsp3) is 0.667. The van der Waals surface area contributed by atoms with Crippen LogP contribution in [-0.4, -0.2) is 34.7 Å². The molecule has 108 valence electrons. The van der Waals surface area contributed by atoms with Gasteiger partial charge in [0, 0.05) is 26.3 Å². The van der Waals surface area contributed by atoms with Crippen molar-refractivity contribution in [1.82, 2.24) is 20.4 Å². The highest BCUT2D eigenvalue weighted by Gasteiger charge is 2.07. The van der Waals surface area contributed by atoms with Gasteiger partial charge in [-0.25, -0.2) is 0 Å². The molecule has 0 unspecified atom stereocenters. The molecule has 0 saturated carbocycles. The third kappa shape index (κ3) is 5.76. The molecule has 0 saturated heterocycles. The number of nitrogens with one attached hydrogen (secondary N) is 2. The van der Waals surface area contributed by atoms with E-state index in [0.29, 0.717) is 16.7 Å². The molecule has 0 aliphatic rings. The highest BCUT2D eigenvalue weighted by atomic mass is 35.5. The third-order valence-electron chi connectivity index (χ3n) is 2.57. The second-order valence-corrected chi connectivity index (χ2v) is 4.73. The van der Waals surface area contributed by atoms with Crippen molar-refractivity contribution < 1.29 is 4.74 Å². The maximum Gasteiger partial charge on any atom is 0.166 e. The number of rotatable bonds is 8. The molecule has 1 aromatic heterocycles. The van der Waals surface area contributed by atoms with E-state index in [0.717, 1.165) is 38.4 Å². The average Bonchev–Trinajstić information content (AvgIpc) is 2.76. The Hall–Kier alpha value is -0.850. The minimum Gasteiger partial charge on any atom is -0.382 e. The van der Waals surface area contributed by atoms with Gasteiger partial charge in [0.2, 0.25) is 0 Å². The lowest BCUT2D eigenvalue weighted by Crippen LogP contribution is -2.36. The Morgan fingerprint density at radius 1 is 1.47 bits per heavy atom. The van der Waals surface area contributed by atoms with E-state index in [2.05, 4.69) is 15.7 Å². The first-order valence-corrected chi connectivity index (χ1v) is 7.27. The van der Waals surface area contributed by atoms with Crippen LogP contribution in [0.15, 0.2) is 6.20 Å². The minimum absolute atomic E-state index is 0.573. The van der Waals surface area contributed by atoms with E-state index in [1.165, 1.54) is 0 Å². The summed E-state index contributed by atoms with van der Waals surface area (Å²) in [4.78, 5) is 0. The summed E-state index contributed by atoms with van der Waals surface area (Å²) in [7, 11) is 0. The summed E-state index contributed by atoms with van der Waals surface area (Å²) in [5, 5.41) is 11.7. The number of aryl methyl sites for hydroxylation is 1. The molecule has 5 nitrogen and oxygen atoms in total. The van der Waals surface area contributed by atoms with Crippen molar-refractivity contribution >= 4 is 28.9 Å². The average molecular weight is 305 g/mol. The maximum absolute atomic E-state index is 6.07. The van der Waals surface area contributed by atoms with Crippen LogP contribution in [0.4, 0.5) is 0 Å². The van der Waals surface area contributed by atoms with E-state index >= 15 is 0 Å². The summed E-state index contributed by atoms with van der Waals surface area (Å²) in [6.07, 6.45) is 2.59. The smallest absolute Gasteiger partial charge is 0.166 e. The zero-order chi connectivity index (χ0) is 14.1. The van der Waals surface area contributed by atoms with E-state index in [9.17, 15) is 0 Å². The molecule has 0 bridgehead atoms. The Bertz CT molecular complexity index is 397. The minimum atomic E-state index is 0.573. The summed E-state index contributed by atoms with van der Waals surface area (Å²) in [5.74, 6) is 0. The van der Waals surface area contributed by atoms with Crippen LogP contribution in [0.5, 0.6) is 0 Å². The van der Waals surface area contributed by atoms with Gasteiger partial charge in [0.1, 0.15) is 0 Å². The molecule has 1 heterocycles. The first-order chi connectivity index (χ1) is 9.19. The van der Waals surface area contributed by atoms with E-state index < -0.39 is 0 Å². The van der Waals surface area contributed by atoms with Crippen LogP contribution >= 0.6 is 23.8 Å². The van der Waals surface area contributed by atoms with Gasteiger partial charge in [-0.15, -0.1) is 0 Å². The molecule has 7 heteroatoms. The molecule has 0 fully saturated rings. The summed E-state index contributed by atoms with van der Waals surface area (Å²) in [5.41, 5.74) is 0.947. The zero-order valence-corrected chi connectivity index (χ0v) is 13.0. The van der Waals surface area contributed by atoms with Crippen molar-refractivity contribution in [3.63, 3.8) is 0 Å². The number of ether oxygens (including phenoxy) is 1. The first-order valence-electron chi connectivity index (χ1n) is 6.48. The van der Waals surface area contributed by atoms with Crippen LogP contribution in [-0.2, 0) is 17.8 Å². The van der Waals surface area contributed by atoms with Gasteiger partial charge in [-0.1, -0.05) is 11.6 Å². The number of thiocarbonyl (C=S) groups is 1. The Kier molecular flexibility index (Phi) is 7.78. The lowest BCUT2D eigenvalue weighted by Gasteiger charge is -2.11. The molecule has 19 heavy (non-hydrogen) atoms. The Morgan fingerprint density at radius 2 is 2.26 bits per heavy atom. The fourth-order valence-corrected chi connectivity index (χ4v) is 1.97. The Labute approximate surface area is 124 Å². The number of aromatic nitrogens is 2. The molecule has 0 radical (unpaired) electrons. The fourth-order valence-electron chi connectivity index (χ4n) is 1.58. The quantitative estimate of drug-likeness (QED) is 0.568. The molecular formula is C12H21ClN4OS. The van der Waals surface area contributed by atoms with E-state index in [1.54, 1.807) is 6.20 Å². The molecule has 0 aliphatic carbocycles. The topological polar surface area (TPSA) is 51.1 Å². The van der Waals surface area contributed by atoms with Crippen molar-refractivity contribution in [1.29, 1.82) is 0 Å². The van der Waals surface area contributed by atoms with Gasteiger partial charge in [-0.3, -0.25) is 4.68 Å². The van der Waals surface area contributed by atoms with Crippen molar-refractivity contribution in [2.45, 2.75) is 33.4 Å². The highest BCUT2D eigenvalue weighted by molar-refractivity contribution is 7.80. The lowest BCUT2D eigenvalue weighted by molar-refractivity contribution is 0.145. The van der Waals surface area contributed by atoms with Crippen LogP contribution in [0.2, 0.25) is 5.02 Å². The predicted octanol–water partition coefficient (Wildman–Crippen LogP) is 1.95. The van der Waals surface area contributed by atoms with Crippen LogP contribution < -0.4 is 10.6 Å². The first kappa shape index (κ1) is 16.2. The summed E-state index contributed by atoms with van der Waals surface area (Å²) >= 11 is 11.3. The number of hydrogen-bond acceptors (Lipinski definition) is 3. The van der Waals surface area contributed by atoms with Gasteiger partial charge in [-0.05, 0) is 32.5 Å². The maximum atomic E-state index is 6.07. The van der Waals surface area contributed by atoms with Crippen LogP contribution in [0, 0.1) is 0 Å². The van der Waals surface area contributed by atoms with Gasteiger partial charge < -0.3 is 15.4 Å². The largest absolute Gasteiger partial charge is 0.382 e. The van der Waals surface area contributed by atoms with Gasteiger partial charge in [0.25, 0.3) is 0 Å². The van der Waals surface area contributed by atoms with E-state index in [1.807, 2.05) is 18.5 Å². The lowest BCUT2D eigenvalue weighted by atomic mass is 10.4. The van der Waals surface area contributed by atoms with Crippen LogP contribution in [0.3, 0.4) is 0 Å². The molecular weight excluding hydrogens is 284 g/mol. The predicted molar refractivity (Wildman–Crippen MR) is 81.5 cm³/mol. The van der Waals surface area contributed by atoms with Crippen LogP contribution in [0.1, 0.15) is 26.0 Å². The standard InChI is InChI=1S/C12H21ClN4OS/c1-3-17-11(10(13)8-16-17)9-15-12(19)14-6-5-7-18-4-2/h8H,3-7,9H2,1-2H3,(H2,14,15,19). The number of nitrogens with zero attached hydrogens (tertiary/aromatic N) is 2. The van der Waals surface area contributed by atoms with Gasteiger partial charge in [0.05, 0.1) is 23.5 Å². The van der Waals surface area contributed by atoms with Crippen molar-refractivity contribution in [2.24, 2.45) is 0 Å². The second kappa shape index (κ2) is 9.12.